The second-order valence-electron chi connectivity index (χ2n) is 6.71. The van der Waals surface area contributed by atoms with Gasteiger partial charge in [0.05, 0.1) is 12.8 Å². The van der Waals surface area contributed by atoms with Crippen molar-refractivity contribution in [1.29, 1.82) is 0 Å². The molecule has 25 heavy (non-hydrogen) atoms. The zero-order valence-corrected chi connectivity index (χ0v) is 14.4. The van der Waals surface area contributed by atoms with E-state index < -0.39 is 0 Å². The van der Waals surface area contributed by atoms with E-state index in [0.717, 1.165) is 30.3 Å². The summed E-state index contributed by atoms with van der Waals surface area (Å²) in [6, 6.07) is 7.72. The number of fused-ring (bicyclic) bond motifs is 1. The second-order valence-corrected chi connectivity index (χ2v) is 6.71. The van der Waals surface area contributed by atoms with Crippen LogP contribution in [-0.2, 0) is 6.54 Å². The normalized spacial score (nSPS) is 14.1. The van der Waals surface area contributed by atoms with Crippen molar-refractivity contribution in [1.82, 2.24) is 9.55 Å². The Balaban J connectivity index is 1.78. The maximum absolute atomic E-state index is 13.0. The zero-order valence-electron chi connectivity index (χ0n) is 14.4. The first-order valence-corrected chi connectivity index (χ1v) is 8.95. The molecule has 0 bridgehead atoms. The van der Waals surface area contributed by atoms with Crippen molar-refractivity contribution in [2.75, 3.05) is 6.61 Å². The van der Waals surface area contributed by atoms with Gasteiger partial charge in [-0.05, 0) is 42.7 Å². The minimum Gasteiger partial charge on any atom is -0.479 e. The fraction of sp³-hybridized carbons (Fsp3) is 0.400. The Hall–Kier alpha value is -2.56. The molecule has 0 unspecified atom stereocenters. The number of hydrogen-bond acceptors (Lipinski definition) is 4. The molecule has 130 valence electrons. The fourth-order valence-corrected chi connectivity index (χ4v) is 3.02. The molecule has 0 aliphatic heterocycles. The van der Waals surface area contributed by atoms with Gasteiger partial charge >= 0.3 is 0 Å². The van der Waals surface area contributed by atoms with Gasteiger partial charge in [0.1, 0.15) is 0 Å². The van der Waals surface area contributed by atoms with Crippen LogP contribution >= 0.6 is 0 Å². The molecule has 4 rings (SSSR count). The van der Waals surface area contributed by atoms with E-state index in [4.69, 9.17) is 9.15 Å². The summed E-state index contributed by atoms with van der Waals surface area (Å²) in [5.41, 5.74) is 0.934. The van der Waals surface area contributed by atoms with Gasteiger partial charge in [0.15, 0.2) is 18.0 Å². The van der Waals surface area contributed by atoms with E-state index in [1.165, 1.54) is 19.2 Å². The van der Waals surface area contributed by atoms with Crippen molar-refractivity contribution in [3.63, 3.8) is 0 Å². The Morgan fingerprint density at radius 1 is 1.32 bits per heavy atom. The lowest BCUT2D eigenvalue weighted by Gasteiger charge is -2.15. The van der Waals surface area contributed by atoms with Crippen LogP contribution in [0.4, 0.5) is 0 Å². The van der Waals surface area contributed by atoms with Crippen molar-refractivity contribution < 1.29 is 9.15 Å². The summed E-state index contributed by atoms with van der Waals surface area (Å²) in [5, 5.41) is 1.59. The largest absolute Gasteiger partial charge is 0.479 e. The van der Waals surface area contributed by atoms with Crippen LogP contribution in [0.15, 0.2) is 46.1 Å². The van der Waals surface area contributed by atoms with Crippen molar-refractivity contribution in [2.24, 2.45) is 5.92 Å². The van der Waals surface area contributed by atoms with Crippen LogP contribution in [0.2, 0.25) is 0 Å². The number of ether oxygens (including phenoxy) is 1. The third-order valence-corrected chi connectivity index (χ3v) is 4.67. The van der Waals surface area contributed by atoms with E-state index in [9.17, 15) is 4.79 Å². The monoisotopic (exact) mass is 338 g/mol. The van der Waals surface area contributed by atoms with Crippen molar-refractivity contribution in [3.8, 4) is 17.2 Å². The quantitative estimate of drug-likeness (QED) is 0.605. The first kappa shape index (κ1) is 15.9. The maximum atomic E-state index is 13.0. The van der Waals surface area contributed by atoms with Gasteiger partial charge in [-0.15, -0.1) is 0 Å². The highest BCUT2D eigenvalue weighted by Gasteiger charge is 2.24. The number of rotatable bonds is 7. The smallest absolute Gasteiger partial charge is 0.261 e. The summed E-state index contributed by atoms with van der Waals surface area (Å²) in [5.74, 6) is 1.97. The summed E-state index contributed by atoms with van der Waals surface area (Å²) in [4.78, 5) is 17.0. The third kappa shape index (κ3) is 3.31. The van der Waals surface area contributed by atoms with Crippen LogP contribution in [0, 0.1) is 5.92 Å². The lowest BCUT2D eigenvalue weighted by atomic mass is 10.1. The summed E-state index contributed by atoms with van der Waals surface area (Å²) in [6.45, 7) is 3.51. The van der Waals surface area contributed by atoms with Crippen LogP contribution in [0.1, 0.15) is 32.6 Å². The zero-order chi connectivity index (χ0) is 17.2. The molecule has 2 heterocycles. The van der Waals surface area contributed by atoms with Crippen LogP contribution in [-0.4, -0.2) is 16.2 Å². The Kier molecular flexibility index (Phi) is 4.30. The van der Waals surface area contributed by atoms with E-state index in [0.29, 0.717) is 29.6 Å². The van der Waals surface area contributed by atoms with E-state index in [1.54, 1.807) is 6.20 Å². The highest BCUT2D eigenvalue weighted by atomic mass is 16.5. The van der Waals surface area contributed by atoms with Crippen LogP contribution in [0.25, 0.3) is 22.1 Å². The van der Waals surface area contributed by atoms with Crippen molar-refractivity contribution >= 4 is 10.8 Å². The van der Waals surface area contributed by atoms with Crippen LogP contribution in [0.5, 0.6) is 5.88 Å². The molecule has 5 nitrogen and oxygen atoms in total. The third-order valence-electron chi connectivity index (χ3n) is 4.67. The van der Waals surface area contributed by atoms with E-state index in [2.05, 4.69) is 11.9 Å². The summed E-state index contributed by atoms with van der Waals surface area (Å²) < 4.78 is 13.1. The molecule has 0 spiro atoms. The number of pyridine rings is 1. The van der Waals surface area contributed by atoms with Crippen molar-refractivity contribution in [3.05, 3.63) is 47.2 Å². The number of benzene rings is 1. The molecule has 5 heteroatoms. The minimum atomic E-state index is 0.0278. The van der Waals surface area contributed by atoms with E-state index in [1.807, 2.05) is 28.8 Å². The first-order valence-electron chi connectivity index (χ1n) is 8.95. The van der Waals surface area contributed by atoms with E-state index >= 15 is 0 Å². The fourth-order valence-electron chi connectivity index (χ4n) is 3.02. The molecule has 1 saturated carbocycles. The molecule has 1 aromatic carbocycles. The second kappa shape index (κ2) is 6.75. The predicted molar refractivity (Wildman–Crippen MR) is 96.8 cm³/mol. The number of nitrogens with zero attached hydrogens (tertiary/aromatic N) is 2. The molecule has 0 amide bonds. The maximum Gasteiger partial charge on any atom is 0.261 e. The first-order chi connectivity index (χ1) is 12.3. The molecule has 1 aliphatic rings. The van der Waals surface area contributed by atoms with Gasteiger partial charge in [-0.1, -0.05) is 19.4 Å². The Morgan fingerprint density at radius 3 is 2.92 bits per heavy atom. The lowest BCUT2D eigenvalue weighted by molar-refractivity contribution is 0.277. The molecule has 1 fully saturated rings. The van der Waals surface area contributed by atoms with Gasteiger partial charge in [-0.3, -0.25) is 9.36 Å². The van der Waals surface area contributed by atoms with Gasteiger partial charge in [-0.2, -0.15) is 0 Å². The highest BCUT2D eigenvalue weighted by molar-refractivity contribution is 5.86. The molecular formula is C20H22N2O3. The Morgan fingerprint density at radius 2 is 2.20 bits per heavy atom. The average molecular weight is 338 g/mol. The average Bonchev–Trinajstić information content (AvgIpc) is 3.27. The van der Waals surface area contributed by atoms with Gasteiger partial charge in [-0.25, -0.2) is 4.98 Å². The number of aromatic nitrogens is 2. The highest BCUT2D eigenvalue weighted by Crippen LogP contribution is 2.32. The molecule has 3 aromatic rings. The Labute approximate surface area is 146 Å². The lowest BCUT2D eigenvalue weighted by Crippen LogP contribution is -2.23. The van der Waals surface area contributed by atoms with Crippen LogP contribution in [0.3, 0.4) is 0 Å². The van der Waals surface area contributed by atoms with Crippen molar-refractivity contribution in [2.45, 2.75) is 39.2 Å². The van der Waals surface area contributed by atoms with E-state index in [-0.39, 0.29) is 5.56 Å². The molecule has 0 radical (unpaired) electrons. The number of hydrogen-bond donors (Lipinski definition) is 0. The summed E-state index contributed by atoms with van der Waals surface area (Å²) in [7, 11) is 0. The van der Waals surface area contributed by atoms with Gasteiger partial charge in [0.25, 0.3) is 5.56 Å². The predicted octanol–water partition coefficient (Wildman–Crippen LogP) is 4.25. The minimum absolute atomic E-state index is 0.0278. The standard InChI is InChI=1S/C20H22N2O3/c1-2-3-8-24-19-10-16-9-15(18-11-21-13-25-18)6-7-17(16)20(23)22(19)12-14-4-5-14/h6-7,9-11,13-14H,2-5,8,12H2,1H3. The Bertz CT molecular complexity index is 924. The molecule has 0 N–H and O–H groups in total. The van der Waals surface area contributed by atoms with Gasteiger partial charge in [0, 0.05) is 23.6 Å². The summed E-state index contributed by atoms with van der Waals surface area (Å²) in [6.07, 6.45) is 7.52. The SMILES string of the molecule is CCCCOc1cc2cc(-c3cnco3)ccc2c(=O)n1CC1CC1. The molecule has 0 saturated heterocycles. The topological polar surface area (TPSA) is 57.3 Å². The van der Waals surface area contributed by atoms with Gasteiger partial charge in [0.2, 0.25) is 0 Å². The number of oxazole rings is 1. The van der Waals surface area contributed by atoms with Gasteiger partial charge < -0.3 is 9.15 Å². The summed E-state index contributed by atoms with van der Waals surface area (Å²) >= 11 is 0. The molecule has 2 aromatic heterocycles. The molecule has 0 atom stereocenters. The number of unbranched alkanes of at least 4 members (excludes halogenated alkanes) is 1. The molecule has 1 aliphatic carbocycles. The molecular weight excluding hydrogens is 316 g/mol. The van der Waals surface area contributed by atoms with Crippen LogP contribution < -0.4 is 10.3 Å².